The smallest absolute Gasteiger partial charge is 0.164 e. The molecule has 266 valence electrons. The Balaban J connectivity index is 1.06. The lowest BCUT2D eigenvalue weighted by atomic mass is 9.97. The molecular weight excluding hydrogens is 701 g/mol. The van der Waals surface area contributed by atoms with Crippen molar-refractivity contribution < 1.29 is 8.83 Å². The van der Waals surface area contributed by atoms with E-state index in [0.29, 0.717) is 17.5 Å². The van der Waals surface area contributed by atoms with Crippen LogP contribution in [0.4, 0.5) is 0 Å². The van der Waals surface area contributed by atoms with E-state index < -0.39 is 0 Å². The number of fused-ring (bicyclic) bond motifs is 9. The Morgan fingerprint density at radius 1 is 0.351 bits per heavy atom. The van der Waals surface area contributed by atoms with E-state index in [2.05, 4.69) is 132 Å². The third kappa shape index (κ3) is 4.94. The van der Waals surface area contributed by atoms with Gasteiger partial charge in [-0.1, -0.05) is 133 Å². The summed E-state index contributed by atoms with van der Waals surface area (Å²) in [6, 6.07) is 62.6. The molecule has 4 heterocycles. The van der Waals surface area contributed by atoms with Gasteiger partial charge in [0.05, 0.1) is 16.7 Å². The zero-order chi connectivity index (χ0) is 37.5. The first-order valence-corrected chi connectivity index (χ1v) is 19.0. The number of hydrogen-bond acceptors (Lipinski definition) is 5. The molecule has 4 aromatic heterocycles. The molecule has 0 bridgehead atoms. The molecule has 12 aromatic rings. The SMILES string of the molecule is c1ccc(-c2nc(-c3ccc4c(c3)oc3c(-n5c6ccccc6c6ccccc65)cccc34)nc(-c3cc(-c4ccccc4)c4c(c3)oc3ccccc34)n2)cc1. The van der Waals surface area contributed by atoms with Crippen LogP contribution in [0.1, 0.15) is 0 Å². The van der Waals surface area contributed by atoms with Crippen LogP contribution < -0.4 is 0 Å². The summed E-state index contributed by atoms with van der Waals surface area (Å²) in [6.45, 7) is 0. The minimum atomic E-state index is 0.551. The minimum Gasteiger partial charge on any atom is -0.456 e. The second kappa shape index (κ2) is 12.3. The predicted octanol–water partition coefficient (Wildman–Crippen LogP) is 13.4. The highest BCUT2D eigenvalue weighted by atomic mass is 16.3. The molecule has 0 saturated carbocycles. The Morgan fingerprint density at radius 2 is 0.930 bits per heavy atom. The van der Waals surface area contributed by atoms with Gasteiger partial charge in [0, 0.05) is 49.0 Å². The van der Waals surface area contributed by atoms with Gasteiger partial charge in [0.2, 0.25) is 0 Å². The molecule has 8 aromatic carbocycles. The molecule has 6 heteroatoms. The molecule has 0 spiro atoms. The van der Waals surface area contributed by atoms with E-state index in [4.69, 9.17) is 23.8 Å². The number of hydrogen-bond donors (Lipinski definition) is 0. The number of benzene rings is 8. The molecule has 12 rings (SSSR count). The van der Waals surface area contributed by atoms with E-state index in [1.807, 2.05) is 54.6 Å². The van der Waals surface area contributed by atoms with Crippen molar-refractivity contribution in [1.29, 1.82) is 0 Å². The van der Waals surface area contributed by atoms with Gasteiger partial charge in [-0.05, 0) is 59.7 Å². The largest absolute Gasteiger partial charge is 0.456 e. The van der Waals surface area contributed by atoms with E-state index in [9.17, 15) is 0 Å². The van der Waals surface area contributed by atoms with Gasteiger partial charge in [-0.25, -0.2) is 15.0 Å². The number of rotatable bonds is 5. The first-order chi connectivity index (χ1) is 28.2. The first kappa shape index (κ1) is 31.5. The number of para-hydroxylation sites is 4. The standard InChI is InChI=1S/C51H30N4O2/c1-3-14-31(15-4-1)40-28-34(30-46-47(40)39-20-9-12-25-44(39)56-46)51-53-49(32-16-5-2-6-17-32)52-50(54-51)33-26-27-37-38-21-13-24-43(48(38)57-45(37)29-33)55-41-22-10-7-18-35(41)36-19-8-11-23-42(36)55/h1-30H. The van der Waals surface area contributed by atoms with Crippen LogP contribution in [0.2, 0.25) is 0 Å². The molecule has 0 aliphatic heterocycles. The molecule has 0 atom stereocenters. The van der Waals surface area contributed by atoms with Crippen molar-refractivity contribution in [2.45, 2.75) is 0 Å². The Bertz CT molecular complexity index is 3470. The zero-order valence-corrected chi connectivity index (χ0v) is 30.4. The van der Waals surface area contributed by atoms with Crippen LogP contribution in [0, 0.1) is 0 Å². The van der Waals surface area contributed by atoms with Crippen molar-refractivity contribution in [2.75, 3.05) is 0 Å². The summed E-state index contributed by atoms with van der Waals surface area (Å²) in [5.74, 6) is 1.69. The van der Waals surface area contributed by atoms with Gasteiger partial charge in [0.1, 0.15) is 16.7 Å². The maximum Gasteiger partial charge on any atom is 0.164 e. The van der Waals surface area contributed by atoms with E-state index in [0.717, 1.165) is 88.4 Å². The summed E-state index contributed by atoms with van der Waals surface area (Å²) in [6.07, 6.45) is 0. The number of furan rings is 2. The highest BCUT2D eigenvalue weighted by Crippen LogP contribution is 2.41. The Labute approximate surface area is 325 Å². The van der Waals surface area contributed by atoms with Gasteiger partial charge >= 0.3 is 0 Å². The molecule has 0 fully saturated rings. The monoisotopic (exact) mass is 730 g/mol. The molecular formula is C51H30N4O2. The zero-order valence-electron chi connectivity index (χ0n) is 30.4. The van der Waals surface area contributed by atoms with Crippen molar-refractivity contribution in [3.8, 4) is 51.0 Å². The molecule has 0 aliphatic rings. The average Bonchev–Trinajstić information content (AvgIpc) is 3.96. The summed E-state index contributed by atoms with van der Waals surface area (Å²) >= 11 is 0. The Hall–Kier alpha value is -7.83. The van der Waals surface area contributed by atoms with Gasteiger partial charge in [-0.15, -0.1) is 0 Å². The van der Waals surface area contributed by atoms with Crippen LogP contribution in [0.5, 0.6) is 0 Å². The lowest BCUT2D eigenvalue weighted by Gasteiger charge is -2.11. The van der Waals surface area contributed by atoms with Gasteiger partial charge in [0.15, 0.2) is 23.1 Å². The fourth-order valence-electron chi connectivity index (χ4n) is 8.46. The topological polar surface area (TPSA) is 69.9 Å². The molecule has 0 saturated heterocycles. The molecule has 0 amide bonds. The van der Waals surface area contributed by atoms with Gasteiger partial charge in [0.25, 0.3) is 0 Å². The second-order valence-electron chi connectivity index (χ2n) is 14.4. The summed E-state index contributed by atoms with van der Waals surface area (Å²) in [5.41, 5.74) is 11.2. The van der Waals surface area contributed by atoms with Crippen molar-refractivity contribution in [3.63, 3.8) is 0 Å². The fourth-order valence-corrected chi connectivity index (χ4v) is 8.46. The Kier molecular flexibility index (Phi) is 6.83. The summed E-state index contributed by atoms with van der Waals surface area (Å²) < 4.78 is 15.6. The Morgan fingerprint density at radius 3 is 1.67 bits per heavy atom. The van der Waals surface area contributed by atoms with Gasteiger partial charge < -0.3 is 13.4 Å². The summed E-state index contributed by atoms with van der Waals surface area (Å²) in [7, 11) is 0. The number of aromatic nitrogens is 4. The third-order valence-corrected chi connectivity index (χ3v) is 11.0. The highest BCUT2D eigenvalue weighted by molar-refractivity contribution is 6.14. The maximum atomic E-state index is 6.83. The van der Waals surface area contributed by atoms with Gasteiger partial charge in [-0.2, -0.15) is 0 Å². The molecule has 0 radical (unpaired) electrons. The second-order valence-corrected chi connectivity index (χ2v) is 14.4. The lowest BCUT2D eigenvalue weighted by Crippen LogP contribution is -2.00. The average molecular weight is 731 g/mol. The van der Waals surface area contributed by atoms with Crippen molar-refractivity contribution in [2.24, 2.45) is 0 Å². The van der Waals surface area contributed by atoms with E-state index in [1.165, 1.54) is 10.8 Å². The summed E-state index contributed by atoms with van der Waals surface area (Å²) in [4.78, 5) is 15.3. The van der Waals surface area contributed by atoms with Crippen LogP contribution in [-0.2, 0) is 0 Å². The third-order valence-electron chi connectivity index (χ3n) is 11.0. The molecule has 0 unspecified atom stereocenters. The molecule has 0 aliphatic carbocycles. The van der Waals surface area contributed by atoms with Crippen molar-refractivity contribution >= 4 is 65.7 Å². The van der Waals surface area contributed by atoms with Crippen LogP contribution in [0.25, 0.3) is 117 Å². The highest BCUT2D eigenvalue weighted by Gasteiger charge is 2.21. The van der Waals surface area contributed by atoms with Crippen molar-refractivity contribution in [3.05, 3.63) is 182 Å². The van der Waals surface area contributed by atoms with E-state index >= 15 is 0 Å². The van der Waals surface area contributed by atoms with Crippen LogP contribution in [0.15, 0.2) is 191 Å². The number of nitrogens with zero attached hydrogens (tertiary/aromatic N) is 4. The molecule has 57 heavy (non-hydrogen) atoms. The fraction of sp³-hybridized carbons (Fsp3) is 0. The van der Waals surface area contributed by atoms with E-state index in [1.54, 1.807) is 0 Å². The normalized spacial score (nSPS) is 11.9. The first-order valence-electron chi connectivity index (χ1n) is 19.0. The molecule has 0 N–H and O–H groups in total. The maximum absolute atomic E-state index is 6.83. The van der Waals surface area contributed by atoms with Crippen LogP contribution >= 0.6 is 0 Å². The lowest BCUT2D eigenvalue weighted by molar-refractivity contribution is 0.666. The van der Waals surface area contributed by atoms with Crippen molar-refractivity contribution in [1.82, 2.24) is 19.5 Å². The van der Waals surface area contributed by atoms with E-state index in [-0.39, 0.29) is 0 Å². The van der Waals surface area contributed by atoms with Gasteiger partial charge in [-0.3, -0.25) is 0 Å². The summed E-state index contributed by atoms with van der Waals surface area (Å²) in [5, 5.41) is 6.62. The quantitative estimate of drug-likeness (QED) is 0.176. The minimum absolute atomic E-state index is 0.551. The molecule has 6 nitrogen and oxygen atoms in total. The predicted molar refractivity (Wildman–Crippen MR) is 230 cm³/mol. The van der Waals surface area contributed by atoms with Crippen LogP contribution in [0.3, 0.4) is 0 Å². The van der Waals surface area contributed by atoms with Crippen LogP contribution in [-0.4, -0.2) is 19.5 Å².